The van der Waals surface area contributed by atoms with E-state index in [-0.39, 0.29) is 0 Å². The van der Waals surface area contributed by atoms with E-state index in [1.165, 1.54) is 0 Å². The largest absolute Gasteiger partial charge is 0.363 e. The van der Waals surface area contributed by atoms with E-state index >= 15 is 0 Å². The Hall–Kier alpha value is -0.0800. The Labute approximate surface area is 43.9 Å². The van der Waals surface area contributed by atoms with Crippen molar-refractivity contribution in [3.8, 4) is 0 Å². The molecule has 1 rings (SSSR count). The van der Waals surface area contributed by atoms with Gasteiger partial charge in [-0.3, -0.25) is 5.32 Å². The Balaban J connectivity index is 1.93. The molecule has 7 heavy (non-hydrogen) atoms. The molecule has 2 heteroatoms. The van der Waals surface area contributed by atoms with Crippen LogP contribution >= 0.6 is 0 Å². The van der Waals surface area contributed by atoms with Gasteiger partial charge in [0.1, 0.15) is 6.23 Å². The maximum atomic E-state index is 5.02. The minimum atomic E-state index is 0.317. The third-order valence-electron chi connectivity index (χ3n) is 1.07. The van der Waals surface area contributed by atoms with Crippen LogP contribution in [0.15, 0.2) is 0 Å². The third kappa shape index (κ3) is 1.14. The van der Waals surface area contributed by atoms with Crippen LogP contribution in [0.2, 0.25) is 0 Å². The molecule has 41 valence electrons. The summed E-state index contributed by atoms with van der Waals surface area (Å²) in [6.07, 6.45) is 1.47. The zero-order chi connectivity index (χ0) is 5.11. The molecule has 1 N–H and O–H groups in total. The number of rotatable bonds is 2. The van der Waals surface area contributed by atoms with Crippen LogP contribution in [0.1, 0.15) is 6.42 Å². The van der Waals surface area contributed by atoms with Crippen LogP contribution in [-0.2, 0) is 4.74 Å². The fourth-order valence-corrected chi connectivity index (χ4v) is 0.558. The van der Waals surface area contributed by atoms with E-state index in [1.54, 1.807) is 0 Å². The van der Waals surface area contributed by atoms with E-state index in [9.17, 15) is 0 Å². The monoisotopic (exact) mass is 100 g/mol. The molecule has 0 spiro atoms. The van der Waals surface area contributed by atoms with E-state index < -0.39 is 0 Å². The zero-order valence-corrected chi connectivity index (χ0v) is 4.31. The zero-order valence-electron chi connectivity index (χ0n) is 4.31. The Morgan fingerprint density at radius 1 is 1.86 bits per heavy atom. The summed E-state index contributed by atoms with van der Waals surface area (Å²) >= 11 is 0. The maximum absolute atomic E-state index is 5.02. The number of hydrogen-bond acceptors (Lipinski definition) is 2. The lowest BCUT2D eigenvalue weighted by Gasteiger charge is -2.26. The molecule has 1 heterocycles. The van der Waals surface area contributed by atoms with Gasteiger partial charge >= 0.3 is 0 Å². The molecule has 0 bridgehead atoms. The molecule has 1 fully saturated rings. The summed E-state index contributed by atoms with van der Waals surface area (Å²) in [4.78, 5) is 0. The predicted molar refractivity (Wildman–Crippen MR) is 27.7 cm³/mol. The summed E-state index contributed by atoms with van der Waals surface area (Å²) in [5, 5.41) is 3.05. The average Bonchev–Trinajstić information content (AvgIpc) is 1.55. The highest BCUT2D eigenvalue weighted by Crippen LogP contribution is 2.05. The van der Waals surface area contributed by atoms with Crippen molar-refractivity contribution in [3.05, 3.63) is 6.92 Å². The van der Waals surface area contributed by atoms with Crippen LogP contribution in [0.5, 0.6) is 0 Å². The van der Waals surface area contributed by atoms with Crippen molar-refractivity contribution in [3.63, 3.8) is 0 Å². The summed E-state index contributed by atoms with van der Waals surface area (Å²) in [5.41, 5.74) is 0. The predicted octanol–water partition coefficient (Wildman–Crippen LogP) is 0.156. The first kappa shape index (κ1) is 5.06. The van der Waals surface area contributed by atoms with E-state index in [2.05, 4.69) is 12.2 Å². The van der Waals surface area contributed by atoms with Gasteiger partial charge in [-0.15, -0.1) is 0 Å². The first-order chi connectivity index (χ1) is 3.43. The molecule has 1 saturated heterocycles. The standard InChI is InChI=1S/C5H10NO/c1-2-6-5-3-4-7-5/h5-6H,1-4H2. The summed E-state index contributed by atoms with van der Waals surface area (Å²) in [6.45, 7) is 5.30. The molecule has 1 aliphatic heterocycles. The molecule has 0 aliphatic carbocycles. The first-order valence-electron chi connectivity index (χ1n) is 2.57. The van der Waals surface area contributed by atoms with Crippen LogP contribution in [0, 0.1) is 6.92 Å². The normalized spacial score (nSPS) is 29.6. The van der Waals surface area contributed by atoms with Crippen LogP contribution in [-0.4, -0.2) is 19.4 Å². The van der Waals surface area contributed by atoms with Crippen molar-refractivity contribution >= 4 is 0 Å². The van der Waals surface area contributed by atoms with Crippen molar-refractivity contribution in [2.45, 2.75) is 12.6 Å². The van der Waals surface area contributed by atoms with Crippen LogP contribution in [0.25, 0.3) is 0 Å². The average molecular weight is 100 g/mol. The van der Waals surface area contributed by atoms with Gasteiger partial charge < -0.3 is 4.74 Å². The quantitative estimate of drug-likeness (QED) is 0.533. The van der Waals surface area contributed by atoms with Gasteiger partial charge in [0, 0.05) is 6.42 Å². The molecule has 0 amide bonds. The highest BCUT2D eigenvalue weighted by molar-refractivity contribution is 4.63. The van der Waals surface area contributed by atoms with Crippen molar-refractivity contribution in [1.29, 1.82) is 0 Å². The first-order valence-corrected chi connectivity index (χ1v) is 2.57. The fraction of sp³-hybridized carbons (Fsp3) is 0.800. The van der Waals surface area contributed by atoms with E-state index in [0.717, 1.165) is 19.6 Å². The summed E-state index contributed by atoms with van der Waals surface area (Å²) < 4.78 is 5.02. The second-order valence-corrected chi connectivity index (χ2v) is 1.60. The number of hydrogen-bond donors (Lipinski definition) is 1. The van der Waals surface area contributed by atoms with E-state index in [4.69, 9.17) is 4.74 Å². The Bertz CT molecular complexity index is 52.0. The van der Waals surface area contributed by atoms with Gasteiger partial charge in [0.15, 0.2) is 0 Å². The molecule has 1 aliphatic rings. The summed E-state index contributed by atoms with van der Waals surface area (Å²) in [7, 11) is 0. The van der Waals surface area contributed by atoms with Crippen LogP contribution in [0.3, 0.4) is 0 Å². The van der Waals surface area contributed by atoms with Gasteiger partial charge in [0.2, 0.25) is 0 Å². The molecule has 0 aromatic rings. The van der Waals surface area contributed by atoms with Gasteiger partial charge in [-0.25, -0.2) is 0 Å². The summed E-state index contributed by atoms with van der Waals surface area (Å²) in [5.74, 6) is 0. The molecule has 0 aromatic heterocycles. The van der Waals surface area contributed by atoms with E-state index in [1.807, 2.05) is 0 Å². The van der Waals surface area contributed by atoms with Crippen LogP contribution < -0.4 is 5.32 Å². The topological polar surface area (TPSA) is 21.3 Å². The van der Waals surface area contributed by atoms with Gasteiger partial charge in [-0.05, 0) is 13.5 Å². The van der Waals surface area contributed by atoms with Gasteiger partial charge in [-0.1, -0.05) is 0 Å². The Morgan fingerprint density at radius 2 is 2.57 bits per heavy atom. The smallest absolute Gasteiger partial charge is 0.110 e. The molecule has 0 saturated carbocycles. The SMILES string of the molecule is [CH2]CNC1CCO1. The fourth-order valence-electron chi connectivity index (χ4n) is 0.558. The van der Waals surface area contributed by atoms with Crippen molar-refractivity contribution < 1.29 is 4.74 Å². The third-order valence-corrected chi connectivity index (χ3v) is 1.07. The molecule has 1 radical (unpaired) electrons. The lowest BCUT2D eigenvalue weighted by atomic mass is 10.3. The van der Waals surface area contributed by atoms with E-state index in [0.29, 0.717) is 6.23 Å². The lowest BCUT2D eigenvalue weighted by Crippen LogP contribution is -2.40. The summed E-state index contributed by atoms with van der Waals surface area (Å²) in [6, 6.07) is 0. The molecule has 0 aromatic carbocycles. The number of ether oxygens (including phenoxy) is 1. The lowest BCUT2D eigenvalue weighted by molar-refractivity contribution is -0.0686. The van der Waals surface area contributed by atoms with Gasteiger partial charge in [0.25, 0.3) is 0 Å². The number of nitrogens with one attached hydrogen (secondary N) is 1. The molecule has 2 nitrogen and oxygen atoms in total. The molecular formula is C5H10NO. The maximum Gasteiger partial charge on any atom is 0.110 e. The molecular weight excluding hydrogens is 90.1 g/mol. The van der Waals surface area contributed by atoms with Crippen molar-refractivity contribution in [2.24, 2.45) is 0 Å². The highest BCUT2D eigenvalue weighted by atomic mass is 16.5. The Morgan fingerprint density at radius 3 is 2.71 bits per heavy atom. The second-order valence-electron chi connectivity index (χ2n) is 1.60. The Kier molecular flexibility index (Phi) is 1.65. The van der Waals surface area contributed by atoms with Gasteiger partial charge in [0.05, 0.1) is 6.61 Å². The van der Waals surface area contributed by atoms with Crippen molar-refractivity contribution in [2.75, 3.05) is 13.2 Å². The minimum Gasteiger partial charge on any atom is -0.363 e. The van der Waals surface area contributed by atoms with Gasteiger partial charge in [-0.2, -0.15) is 0 Å². The minimum absolute atomic E-state index is 0.317. The van der Waals surface area contributed by atoms with Crippen molar-refractivity contribution in [1.82, 2.24) is 5.32 Å². The molecule has 1 unspecified atom stereocenters. The highest BCUT2D eigenvalue weighted by Gasteiger charge is 2.14. The second kappa shape index (κ2) is 2.28. The molecule has 1 atom stereocenters. The van der Waals surface area contributed by atoms with Crippen LogP contribution in [0.4, 0.5) is 0 Å².